The Labute approximate surface area is 143 Å². The summed E-state index contributed by atoms with van der Waals surface area (Å²) < 4.78 is 0. The van der Waals surface area contributed by atoms with E-state index in [0.717, 1.165) is 25.7 Å². The molecule has 0 bridgehead atoms. The van der Waals surface area contributed by atoms with Gasteiger partial charge in [-0.3, -0.25) is 9.59 Å². The SMILES string of the molecule is Cl.NC1(C(=O)N2CCN(C(=O)c3ccccc3)CC2)CCCC1. The number of nitrogens with two attached hydrogens (primary N) is 1. The van der Waals surface area contributed by atoms with Gasteiger partial charge in [0.15, 0.2) is 0 Å². The summed E-state index contributed by atoms with van der Waals surface area (Å²) in [5.41, 5.74) is 6.29. The lowest BCUT2D eigenvalue weighted by molar-refractivity contribution is -0.138. The summed E-state index contributed by atoms with van der Waals surface area (Å²) in [6.45, 7) is 2.32. The molecule has 0 atom stereocenters. The molecule has 1 aliphatic heterocycles. The van der Waals surface area contributed by atoms with Gasteiger partial charge in [0.05, 0.1) is 5.54 Å². The Hall–Kier alpha value is -1.59. The summed E-state index contributed by atoms with van der Waals surface area (Å²) in [4.78, 5) is 28.6. The Kier molecular flexibility index (Phi) is 5.65. The third kappa shape index (κ3) is 3.67. The first-order valence-electron chi connectivity index (χ1n) is 8.03. The van der Waals surface area contributed by atoms with Crippen LogP contribution >= 0.6 is 12.4 Å². The predicted molar refractivity (Wildman–Crippen MR) is 91.6 cm³/mol. The Morgan fingerprint density at radius 1 is 0.913 bits per heavy atom. The zero-order valence-corrected chi connectivity index (χ0v) is 14.1. The standard InChI is InChI=1S/C17H23N3O2.ClH/c18-17(8-4-5-9-17)16(22)20-12-10-19(11-13-20)15(21)14-6-2-1-3-7-14;/h1-3,6-7H,4-5,8-13,18H2;1H. The number of piperazine rings is 1. The van der Waals surface area contributed by atoms with Crippen LogP contribution in [0.3, 0.4) is 0 Å². The molecule has 2 fully saturated rings. The summed E-state index contributed by atoms with van der Waals surface area (Å²) in [7, 11) is 0. The van der Waals surface area contributed by atoms with Crippen molar-refractivity contribution in [3.05, 3.63) is 35.9 Å². The van der Waals surface area contributed by atoms with E-state index in [1.165, 1.54) is 0 Å². The van der Waals surface area contributed by atoms with Gasteiger partial charge in [0.2, 0.25) is 5.91 Å². The van der Waals surface area contributed by atoms with Gasteiger partial charge in [-0.15, -0.1) is 12.4 Å². The van der Waals surface area contributed by atoms with Crippen molar-refractivity contribution in [1.29, 1.82) is 0 Å². The maximum absolute atomic E-state index is 12.6. The molecular formula is C17H24ClN3O2. The molecule has 2 N–H and O–H groups in total. The van der Waals surface area contributed by atoms with Crippen LogP contribution in [0, 0.1) is 0 Å². The molecule has 1 aromatic rings. The van der Waals surface area contributed by atoms with E-state index < -0.39 is 5.54 Å². The molecule has 1 saturated carbocycles. The van der Waals surface area contributed by atoms with E-state index in [9.17, 15) is 9.59 Å². The van der Waals surface area contributed by atoms with Crippen molar-refractivity contribution in [3.8, 4) is 0 Å². The van der Waals surface area contributed by atoms with Gasteiger partial charge in [-0.1, -0.05) is 31.0 Å². The zero-order valence-electron chi connectivity index (χ0n) is 13.2. The highest BCUT2D eigenvalue weighted by Crippen LogP contribution is 2.29. The van der Waals surface area contributed by atoms with E-state index >= 15 is 0 Å². The van der Waals surface area contributed by atoms with E-state index in [1.54, 1.807) is 0 Å². The van der Waals surface area contributed by atoms with Crippen molar-refractivity contribution in [3.63, 3.8) is 0 Å². The van der Waals surface area contributed by atoms with Crippen molar-refractivity contribution in [2.75, 3.05) is 26.2 Å². The highest BCUT2D eigenvalue weighted by Gasteiger charge is 2.40. The average Bonchev–Trinajstić information content (AvgIpc) is 3.02. The summed E-state index contributed by atoms with van der Waals surface area (Å²) in [6.07, 6.45) is 3.65. The van der Waals surface area contributed by atoms with Crippen LogP contribution in [0.15, 0.2) is 30.3 Å². The molecule has 2 amide bonds. The molecule has 0 spiro atoms. The van der Waals surface area contributed by atoms with Gasteiger partial charge in [0.1, 0.15) is 0 Å². The quantitative estimate of drug-likeness (QED) is 0.892. The molecule has 0 radical (unpaired) electrons. The summed E-state index contributed by atoms with van der Waals surface area (Å²) in [5.74, 6) is 0.104. The molecule has 2 aliphatic rings. The third-order valence-corrected chi connectivity index (χ3v) is 4.80. The lowest BCUT2D eigenvalue weighted by Gasteiger charge is -2.38. The maximum atomic E-state index is 12.6. The Bertz CT molecular complexity index is 550. The van der Waals surface area contributed by atoms with Crippen LogP contribution in [0.2, 0.25) is 0 Å². The molecule has 5 nitrogen and oxygen atoms in total. The normalized spacial score (nSPS) is 20.0. The summed E-state index contributed by atoms with van der Waals surface area (Å²) in [6, 6.07) is 9.28. The molecule has 126 valence electrons. The minimum absolute atomic E-state index is 0. The number of nitrogens with zero attached hydrogens (tertiary/aromatic N) is 2. The number of hydrogen-bond acceptors (Lipinski definition) is 3. The van der Waals surface area contributed by atoms with Gasteiger partial charge in [-0.25, -0.2) is 0 Å². The number of carbonyl (C=O) groups excluding carboxylic acids is 2. The smallest absolute Gasteiger partial charge is 0.253 e. The molecule has 1 saturated heterocycles. The first-order valence-corrected chi connectivity index (χ1v) is 8.03. The molecule has 1 aromatic carbocycles. The highest BCUT2D eigenvalue weighted by molar-refractivity contribution is 5.94. The minimum Gasteiger partial charge on any atom is -0.338 e. The van der Waals surface area contributed by atoms with Gasteiger partial charge in [-0.05, 0) is 25.0 Å². The van der Waals surface area contributed by atoms with Crippen LogP contribution in [0.1, 0.15) is 36.0 Å². The Morgan fingerprint density at radius 3 is 2.00 bits per heavy atom. The Morgan fingerprint density at radius 2 is 1.43 bits per heavy atom. The van der Waals surface area contributed by atoms with Crippen molar-refractivity contribution < 1.29 is 9.59 Å². The number of rotatable bonds is 2. The predicted octanol–water partition coefficient (Wildman–Crippen LogP) is 1.66. The molecular weight excluding hydrogens is 314 g/mol. The second kappa shape index (κ2) is 7.32. The second-order valence-corrected chi connectivity index (χ2v) is 6.31. The topological polar surface area (TPSA) is 66.6 Å². The monoisotopic (exact) mass is 337 g/mol. The van der Waals surface area contributed by atoms with Gasteiger partial charge in [-0.2, -0.15) is 0 Å². The highest BCUT2D eigenvalue weighted by atomic mass is 35.5. The Balaban J connectivity index is 0.00000192. The fourth-order valence-corrected chi connectivity index (χ4v) is 3.41. The van der Waals surface area contributed by atoms with Crippen molar-refractivity contribution in [2.45, 2.75) is 31.2 Å². The van der Waals surface area contributed by atoms with E-state index in [0.29, 0.717) is 31.7 Å². The van der Waals surface area contributed by atoms with Crippen LogP contribution in [-0.2, 0) is 4.79 Å². The van der Waals surface area contributed by atoms with Crippen LogP contribution in [0.5, 0.6) is 0 Å². The lowest BCUT2D eigenvalue weighted by Crippen LogP contribution is -2.59. The average molecular weight is 338 g/mol. The van der Waals surface area contributed by atoms with E-state index in [4.69, 9.17) is 5.73 Å². The molecule has 1 heterocycles. The number of amides is 2. The second-order valence-electron chi connectivity index (χ2n) is 6.31. The van der Waals surface area contributed by atoms with Crippen molar-refractivity contribution in [2.24, 2.45) is 5.73 Å². The number of hydrogen-bond donors (Lipinski definition) is 1. The van der Waals surface area contributed by atoms with Crippen LogP contribution in [0.4, 0.5) is 0 Å². The van der Waals surface area contributed by atoms with E-state index in [1.807, 2.05) is 40.1 Å². The van der Waals surface area contributed by atoms with Crippen LogP contribution in [0.25, 0.3) is 0 Å². The summed E-state index contributed by atoms with van der Waals surface area (Å²) in [5, 5.41) is 0. The van der Waals surface area contributed by atoms with Crippen molar-refractivity contribution >= 4 is 24.2 Å². The van der Waals surface area contributed by atoms with Gasteiger partial charge >= 0.3 is 0 Å². The summed E-state index contributed by atoms with van der Waals surface area (Å²) >= 11 is 0. The lowest BCUT2D eigenvalue weighted by atomic mass is 9.97. The first-order chi connectivity index (χ1) is 10.6. The minimum atomic E-state index is -0.661. The molecule has 0 aromatic heterocycles. The van der Waals surface area contributed by atoms with E-state index in [2.05, 4.69) is 0 Å². The largest absolute Gasteiger partial charge is 0.338 e. The van der Waals surface area contributed by atoms with Gasteiger partial charge < -0.3 is 15.5 Å². The fourth-order valence-electron chi connectivity index (χ4n) is 3.41. The zero-order chi connectivity index (χ0) is 15.6. The van der Waals surface area contributed by atoms with Gasteiger partial charge in [0.25, 0.3) is 5.91 Å². The fraction of sp³-hybridized carbons (Fsp3) is 0.529. The van der Waals surface area contributed by atoms with E-state index in [-0.39, 0.29) is 24.2 Å². The first kappa shape index (κ1) is 17.8. The van der Waals surface area contributed by atoms with Crippen molar-refractivity contribution in [1.82, 2.24) is 9.80 Å². The molecule has 6 heteroatoms. The third-order valence-electron chi connectivity index (χ3n) is 4.80. The maximum Gasteiger partial charge on any atom is 0.253 e. The molecule has 3 rings (SSSR count). The number of benzene rings is 1. The van der Waals surface area contributed by atoms with Crippen LogP contribution < -0.4 is 5.73 Å². The number of carbonyl (C=O) groups is 2. The van der Waals surface area contributed by atoms with Crippen LogP contribution in [-0.4, -0.2) is 53.3 Å². The molecule has 0 unspecified atom stereocenters. The number of halogens is 1. The molecule has 23 heavy (non-hydrogen) atoms. The molecule has 1 aliphatic carbocycles. The van der Waals surface area contributed by atoms with Gasteiger partial charge in [0, 0.05) is 31.7 Å².